The predicted octanol–water partition coefficient (Wildman–Crippen LogP) is 3.82. The second kappa shape index (κ2) is 8.29. The van der Waals surface area contributed by atoms with Crippen molar-refractivity contribution in [2.45, 2.75) is 9.10 Å². The molecule has 9 nitrogen and oxygen atoms in total. The Labute approximate surface area is 203 Å². The smallest absolute Gasteiger partial charge is 0.299 e. The van der Waals surface area contributed by atoms with Crippen LogP contribution in [-0.4, -0.2) is 35.6 Å². The van der Waals surface area contributed by atoms with Gasteiger partial charge in [-0.05, 0) is 35.7 Å². The molecule has 2 heterocycles. The number of sulfonamides is 2. The Morgan fingerprint density at radius 3 is 2.06 bits per heavy atom. The maximum absolute atomic E-state index is 13.2. The zero-order chi connectivity index (χ0) is 24.1. The largest absolute Gasteiger partial charge is 0.308 e. The molecule has 0 fully saturated rings. The quantitative estimate of drug-likeness (QED) is 0.453. The van der Waals surface area contributed by atoms with E-state index in [1.165, 1.54) is 31.3 Å². The normalized spacial score (nSPS) is 13.8. The molecule has 3 aromatic rings. The molecule has 0 bridgehead atoms. The number of likely N-dealkylation sites (N-methyl/N-ethyl adjacent to an activating group) is 1. The fourth-order valence-electron chi connectivity index (χ4n) is 3.15. The van der Waals surface area contributed by atoms with Gasteiger partial charge in [-0.15, -0.1) is 11.3 Å². The SMILES string of the molecule is CN1C(=O)C(=O)c2c1cccc2S(=O)(=O)Nc1cc(Cl)c(Cl)cc1NS(=O)(=O)c1cccs1. The molecule has 4 rings (SSSR count). The zero-order valence-corrected chi connectivity index (χ0v) is 20.5. The number of hydrogen-bond donors (Lipinski definition) is 2. The van der Waals surface area contributed by atoms with Gasteiger partial charge in [0, 0.05) is 7.05 Å². The molecular weight excluding hydrogens is 533 g/mol. The number of benzene rings is 2. The number of carbonyl (C=O) groups is 2. The number of rotatable bonds is 6. The molecular formula is C19H13Cl2N3O6S3. The number of ketones is 1. The molecule has 0 saturated carbocycles. The van der Waals surface area contributed by atoms with Gasteiger partial charge in [0.15, 0.2) is 0 Å². The number of fused-ring (bicyclic) bond motifs is 1. The molecule has 1 aromatic heterocycles. The first-order valence-electron chi connectivity index (χ1n) is 8.96. The van der Waals surface area contributed by atoms with Crippen molar-refractivity contribution in [2.24, 2.45) is 0 Å². The Hall–Kier alpha value is -2.64. The van der Waals surface area contributed by atoms with Crippen LogP contribution >= 0.6 is 34.5 Å². The van der Waals surface area contributed by atoms with Crippen LogP contribution in [0, 0.1) is 0 Å². The highest BCUT2D eigenvalue weighted by Crippen LogP contribution is 2.38. The van der Waals surface area contributed by atoms with Crippen LogP contribution in [0.2, 0.25) is 10.0 Å². The van der Waals surface area contributed by atoms with Crippen LogP contribution in [0.25, 0.3) is 0 Å². The van der Waals surface area contributed by atoms with Crippen molar-refractivity contribution >= 4 is 83.3 Å². The van der Waals surface area contributed by atoms with Gasteiger partial charge >= 0.3 is 0 Å². The lowest BCUT2D eigenvalue weighted by Crippen LogP contribution is -2.25. The number of amides is 1. The average molecular weight is 546 g/mol. The summed E-state index contributed by atoms with van der Waals surface area (Å²) in [5, 5.41) is 1.50. The van der Waals surface area contributed by atoms with Crippen molar-refractivity contribution < 1.29 is 26.4 Å². The Balaban J connectivity index is 1.79. The highest BCUT2D eigenvalue weighted by molar-refractivity contribution is 7.94. The maximum Gasteiger partial charge on any atom is 0.299 e. The standard InChI is InChI=1S/C19H13Cl2N3O6S3/c1-24-14-4-2-5-15(17(14)18(25)19(24)26)32(27,28)22-12-8-10(20)11(21)9-13(12)23-33(29,30)16-6-3-7-31-16/h2-9,22-23H,1H3. The van der Waals surface area contributed by atoms with E-state index in [-0.39, 0.29) is 36.9 Å². The molecule has 0 radical (unpaired) electrons. The van der Waals surface area contributed by atoms with Crippen LogP contribution in [0.3, 0.4) is 0 Å². The molecule has 2 N–H and O–H groups in total. The molecule has 1 aliphatic heterocycles. The van der Waals surface area contributed by atoms with Crippen molar-refractivity contribution in [1.29, 1.82) is 0 Å². The van der Waals surface area contributed by atoms with Crippen molar-refractivity contribution in [3.63, 3.8) is 0 Å². The van der Waals surface area contributed by atoms with E-state index in [1.54, 1.807) is 11.4 Å². The zero-order valence-electron chi connectivity index (χ0n) is 16.5. The van der Waals surface area contributed by atoms with Gasteiger partial charge in [-0.3, -0.25) is 19.0 Å². The van der Waals surface area contributed by atoms with Gasteiger partial charge in [-0.25, -0.2) is 16.8 Å². The van der Waals surface area contributed by atoms with Gasteiger partial charge in [-0.2, -0.15) is 0 Å². The van der Waals surface area contributed by atoms with Crippen molar-refractivity contribution in [3.05, 3.63) is 63.5 Å². The first-order valence-corrected chi connectivity index (χ1v) is 13.6. The fraction of sp³-hybridized carbons (Fsp3) is 0.0526. The Bertz CT molecular complexity index is 1520. The lowest BCUT2D eigenvalue weighted by atomic mass is 10.1. The molecule has 2 aromatic carbocycles. The minimum absolute atomic E-state index is 0.00425. The maximum atomic E-state index is 13.2. The average Bonchev–Trinajstić information content (AvgIpc) is 3.37. The summed E-state index contributed by atoms with van der Waals surface area (Å²) in [6.07, 6.45) is 0. The molecule has 14 heteroatoms. The highest BCUT2D eigenvalue weighted by Gasteiger charge is 2.38. The van der Waals surface area contributed by atoms with Gasteiger partial charge < -0.3 is 4.90 Å². The summed E-state index contributed by atoms with van der Waals surface area (Å²) in [5.41, 5.74) is -0.556. The van der Waals surface area contributed by atoms with E-state index in [1.807, 2.05) is 0 Å². The summed E-state index contributed by atoms with van der Waals surface area (Å²) >= 11 is 13.0. The lowest BCUT2D eigenvalue weighted by Gasteiger charge is -2.16. The second-order valence-corrected chi connectivity index (χ2v) is 12.1. The van der Waals surface area contributed by atoms with Gasteiger partial charge in [0.25, 0.3) is 31.7 Å². The first kappa shape index (κ1) is 23.5. The minimum Gasteiger partial charge on any atom is -0.308 e. The van der Waals surface area contributed by atoms with E-state index in [0.717, 1.165) is 28.4 Å². The van der Waals surface area contributed by atoms with Gasteiger partial charge in [0.2, 0.25) is 0 Å². The van der Waals surface area contributed by atoms with Crippen molar-refractivity contribution in [1.82, 2.24) is 0 Å². The van der Waals surface area contributed by atoms with E-state index in [4.69, 9.17) is 23.2 Å². The predicted molar refractivity (Wildman–Crippen MR) is 127 cm³/mol. The molecule has 33 heavy (non-hydrogen) atoms. The van der Waals surface area contributed by atoms with Gasteiger partial charge in [0.1, 0.15) is 9.10 Å². The first-order chi connectivity index (χ1) is 15.4. The summed E-state index contributed by atoms with van der Waals surface area (Å²) in [7, 11) is -7.16. The molecule has 0 unspecified atom stereocenters. The third-order valence-corrected chi connectivity index (χ3v) is 9.58. The van der Waals surface area contributed by atoms with Crippen LogP contribution < -0.4 is 14.3 Å². The topological polar surface area (TPSA) is 130 Å². The molecule has 1 aliphatic rings. The molecule has 0 spiro atoms. The molecule has 172 valence electrons. The van der Waals surface area contributed by atoms with Crippen LogP contribution in [0.4, 0.5) is 17.1 Å². The molecule has 0 saturated heterocycles. The molecule has 0 atom stereocenters. The van der Waals surface area contributed by atoms with E-state index in [9.17, 15) is 26.4 Å². The highest BCUT2D eigenvalue weighted by atomic mass is 35.5. The number of hydrogen-bond acceptors (Lipinski definition) is 7. The number of nitrogens with one attached hydrogen (secondary N) is 2. The summed E-state index contributed by atoms with van der Waals surface area (Å²) in [5.74, 6) is -1.84. The molecule has 0 aliphatic carbocycles. The molecule has 1 amide bonds. The number of halogens is 2. The second-order valence-electron chi connectivity index (χ2n) is 6.80. The minimum atomic E-state index is -4.46. The van der Waals surface area contributed by atoms with Gasteiger partial charge in [-0.1, -0.05) is 35.3 Å². The van der Waals surface area contributed by atoms with E-state index in [2.05, 4.69) is 9.44 Å². The summed E-state index contributed by atoms with van der Waals surface area (Å²) in [6.45, 7) is 0. The summed E-state index contributed by atoms with van der Waals surface area (Å²) < 4.78 is 56.3. The van der Waals surface area contributed by atoms with Crippen LogP contribution in [0.15, 0.2) is 56.9 Å². The Morgan fingerprint density at radius 2 is 1.48 bits per heavy atom. The monoisotopic (exact) mass is 545 g/mol. The number of Topliss-reactive ketones (excluding diaryl/α,β-unsaturated/α-hetero) is 1. The Morgan fingerprint density at radius 1 is 0.879 bits per heavy atom. The number of anilines is 3. The Kier molecular flexibility index (Phi) is 5.91. The fourth-order valence-corrected chi connectivity index (χ4v) is 6.83. The number of nitrogens with zero attached hydrogens (tertiary/aromatic N) is 1. The van der Waals surface area contributed by atoms with Crippen molar-refractivity contribution in [2.75, 3.05) is 21.4 Å². The van der Waals surface area contributed by atoms with E-state index in [0.29, 0.717) is 0 Å². The summed E-state index contributed by atoms with van der Waals surface area (Å²) in [4.78, 5) is 25.1. The third kappa shape index (κ3) is 4.20. The van der Waals surface area contributed by atoms with Crippen LogP contribution in [0.5, 0.6) is 0 Å². The number of thiophene rings is 1. The third-order valence-electron chi connectivity index (χ3n) is 4.69. The van der Waals surface area contributed by atoms with Crippen LogP contribution in [-0.2, 0) is 24.8 Å². The van der Waals surface area contributed by atoms with Crippen LogP contribution in [0.1, 0.15) is 10.4 Å². The van der Waals surface area contributed by atoms with E-state index >= 15 is 0 Å². The number of carbonyl (C=O) groups excluding carboxylic acids is 2. The van der Waals surface area contributed by atoms with Crippen molar-refractivity contribution in [3.8, 4) is 0 Å². The van der Waals surface area contributed by atoms with Gasteiger partial charge in [0.05, 0.1) is 32.7 Å². The van der Waals surface area contributed by atoms with E-state index < -0.39 is 36.6 Å². The summed E-state index contributed by atoms with van der Waals surface area (Å²) in [6, 6.07) is 9.20. The lowest BCUT2D eigenvalue weighted by molar-refractivity contribution is -0.114.